The molecule has 0 unspecified atom stereocenters. The van der Waals surface area contributed by atoms with Crippen LogP contribution in [0.3, 0.4) is 0 Å². The lowest BCUT2D eigenvalue weighted by atomic mass is 10.2. The van der Waals surface area contributed by atoms with Crippen molar-refractivity contribution in [2.45, 2.75) is 11.7 Å². The second-order valence-corrected chi connectivity index (χ2v) is 15.6. The SMILES string of the molecule is C1=C(c2ccc(-c3ccc(-c4ccc(-c5ccc(-c6cccs6)s5)s4)s3)s2)S[C@H](c2cccs2)C1. The average Bonchev–Trinajstić information content (AvgIpc) is 3.71. The van der Waals surface area contributed by atoms with Gasteiger partial charge in [0.05, 0.1) is 0 Å². The Bertz CT molecular complexity index is 1600. The van der Waals surface area contributed by atoms with Crippen molar-refractivity contribution in [3.63, 3.8) is 0 Å². The fraction of sp³-hybridized carbons (Fsp3) is 0.0714. The van der Waals surface area contributed by atoms with Crippen molar-refractivity contribution in [3.05, 3.63) is 99.4 Å². The minimum atomic E-state index is 0.585. The van der Waals surface area contributed by atoms with Crippen molar-refractivity contribution >= 4 is 84.7 Å². The number of thiophene rings is 6. The molecule has 0 saturated carbocycles. The largest absolute Gasteiger partial charge is 0.148 e. The molecule has 6 aromatic heterocycles. The summed E-state index contributed by atoms with van der Waals surface area (Å²) in [4.78, 5) is 15.2. The van der Waals surface area contributed by atoms with Gasteiger partial charge in [-0.15, -0.1) is 79.8 Å². The molecule has 7 rings (SSSR count). The van der Waals surface area contributed by atoms with E-state index in [4.69, 9.17) is 0 Å². The van der Waals surface area contributed by atoms with E-state index in [9.17, 15) is 0 Å². The molecular weight excluding hydrogens is 561 g/mol. The van der Waals surface area contributed by atoms with Crippen molar-refractivity contribution in [3.8, 4) is 39.0 Å². The number of thioether (sulfide) groups is 1. The molecule has 0 aromatic carbocycles. The molecule has 1 aliphatic rings. The van der Waals surface area contributed by atoms with Gasteiger partial charge in [-0.2, -0.15) is 0 Å². The molecule has 6 aromatic rings. The quantitative estimate of drug-likeness (QED) is 0.189. The van der Waals surface area contributed by atoms with Gasteiger partial charge in [-0.3, -0.25) is 0 Å². The summed E-state index contributed by atoms with van der Waals surface area (Å²) >= 11 is 13.3. The predicted octanol–water partition coefficient (Wildman–Crippen LogP) is 11.9. The fourth-order valence-corrected chi connectivity index (χ4v) is 11.5. The Labute approximate surface area is 232 Å². The molecule has 1 atom stereocenters. The van der Waals surface area contributed by atoms with Crippen molar-refractivity contribution < 1.29 is 0 Å². The van der Waals surface area contributed by atoms with Gasteiger partial charge in [0.2, 0.25) is 0 Å². The summed E-state index contributed by atoms with van der Waals surface area (Å²) in [6.45, 7) is 0. The first-order valence-corrected chi connectivity index (χ1v) is 17.1. The van der Waals surface area contributed by atoms with Gasteiger partial charge in [-0.05, 0) is 77.8 Å². The van der Waals surface area contributed by atoms with Gasteiger partial charge in [0, 0.05) is 58.9 Å². The number of hydrogen-bond donors (Lipinski definition) is 0. The van der Waals surface area contributed by atoms with Crippen molar-refractivity contribution in [1.82, 2.24) is 0 Å². The molecule has 0 fully saturated rings. The van der Waals surface area contributed by atoms with Crippen LogP contribution in [0, 0.1) is 0 Å². The van der Waals surface area contributed by atoms with Crippen molar-refractivity contribution in [1.29, 1.82) is 0 Å². The second-order valence-electron chi connectivity index (χ2n) is 8.06. The van der Waals surface area contributed by atoms with Gasteiger partial charge < -0.3 is 0 Å². The summed E-state index contributed by atoms with van der Waals surface area (Å²) < 4.78 is 0. The lowest BCUT2D eigenvalue weighted by Gasteiger charge is -2.06. The van der Waals surface area contributed by atoms with E-state index >= 15 is 0 Å². The molecule has 172 valence electrons. The van der Waals surface area contributed by atoms with Crippen LogP contribution in [0.1, 0.15) is 21.4 Å². The molecule has 0 N–H and O–H groups in total. The lowest BCUT2D eigenvalue weighted by Crippen LogP contribution is -1.81. The molecule has 0 radical (unpaired) electrons. The van der Waals surface area contributed by atoms with Crippen molar-refractivity contribution in [2.75, 3.05) is 0 Å². The van der Waals surface area contributed by atoms with E-state index in [1.165, 1.54) is 53.7 Å². The number of hydrogen-bond acceptors (Lipinski definition) is 7. The number of rotatable bonds is 6. The molecule has 0 spiro atoms. The van der Waals surface area contributed by atoms with Gasteiger partial charge in [0.25, 0.3) is 0 Å². The summed E-state index contributed by atoms with van der Waals surface area (Å²) in [5, 5.41) is 4.92. The molecule has 0 bridgehead atoms. The highest BCUT2D eigenvalue weighted by Crippen LogP contribution is 2.52. The Morgan fingerprint density at radius 2 is 0.971 bits per heavy atom. The molecule has 1 aliphatic heterocycles. The van der Waals surface area contributed by atoms with E-state index in [1.807, 2.05) is 79.8 Å². The zero-order valence-electron chi connectivity index (χ0n) is 18.3. The van der Waals surface area contributed by atoms with E-state index in [2.05, 4.69) is 89.6 Å². The molecule has 7 heteroatoms. The summed E-state index contributed by atoms with van der Waals surface area (Å²) in [6.07, 6.45) is 3.56. The van der Waals surface area contributed by atoms with Crippen LogP contribution in [0.5, 0.6) is 0 Å². The zero-order valence-corrected chi connectivity index (χ0v) is 24.0. The third-order valence-electron chi connectivity index (χ3n) is 5.81. The van der Waals surface area contributed by atoms with E-state index in [0.717, 1.165) is 6.42 Å². The maximum absolute atomic E-state index is 2.42. The van der Waals surface area contributed by atoms with Gasteiger partial charge in [0.15, 0.2) is 0 Å². The van der Waals surface area contributed by atoms with Crippen LogP contribution < -0.4 is 0 Å². The van der Waals surface area contributed by atoms with E-state index in [0.29, 0.717) is 5.25 Å². The van der Waals surface area contributed by atoms with Gasteiger partial charge in [-0.1, -0.05) is 18.2 Å². The Morgan fingerprint density at radius 3 is 1.49 bits per heavy atom. The lowest BCUT2D eigenvalue weighted by molar-refractivity contribution is 1.02. The monoisotopic (exact) mass is 578 g/mol. The second kappa shape index (κ2) is 9.63. The van der Waals surface area contributed by atoms with Crippen LogP contribution in [-0.4, -0.2) is 0 Å². The topological polar surface area (TPSA) is 0 Å². The smallest absolute Gasteiger partial charge is 0.0473 e. The minimum absolute atomic E-state index is 0.585. The first-order valence-electron chi connectivity index (χ1n) is 11.1. The van der Waals surface area contributed by atoms with Gasteiger partial charge in [0.1, 0.15) is 0 Å². The van der Waals surface area contributed by atoms with Gasteiger partial charge >= 0.3 is 0 Å². The predicted molar refractivity (Wildman–Crippen MR) is 165 cm³/mol. The maximum Gasteiger partial charge on any atom is 0.0473 e. The van der Waals surface area contributed by atoms with Gasteiger partial charge in [-0.25, -0.2) is 0 Å². The first-order chi connectivity index (χ1) is 17.3. The summed E-state index contributed by atoms with van der Waals surface area (Å²) in [5.41, 5.74) is 0. The Kier molecular flexibility index (Phi) is 6.19. The standard InChI is InChI=1S/C28H18S7/c1-3-17(29-15-1)19-5-7-21(31-19)23-9-11-25(33-23)27-13-14-28(35-27)26-12-10-24(34-26)22-8-6-20(32-22)18-4-2-16-30-18/h1-5,7-16,20H,6H2/t20-/m0/s1. The normalized spacial score (nSPS) is 15.7. The molecule has 0 saturated heterocycles. The zero-order chi connectivity index (χ0) is 23.2. The summed E-state index contributed by atoms with van der Waals surface area (Å²) in [5.74, 6) is 0. The molecule has 0 amide bonds. The molecule has 0 nitrogen and oxygen atoms in total. The van der Waals surface area contributed by atoms with E-state index < -0.39 is 0 Å². The minimum Gasteiger partial charge on any atom is -0.148 e. The Hall–Kier alpha value is -1.71. The Balaban J connectivity index is 1.08. The first kappa shape index (κ1) is 22.5. The average molecular weight is 579 g/mol. The summed E-state index contributed by atoms with van der Waals surface area (Å²) in [6, 6.07) is 27.0. The highest BCUT2D eigenvalue weighted by Gasteiger charge is 2.22. The summed E-state index contributed by atoms with van der Waals surface area (Å²) in [7, 11) is 0. The van der Waals surface area contributed by atoms with E-state index in [1.54, 1.807) is 0 Å². The third-order valence-corrected chi connectivity index (χ3v) is 14.5. The Morgan fingerprint density at radius 1 is 0.486 bits per heavy atom. The van der Waals surface area contributed by atoms with Crippen LogP contribution in [0.4, 0.5) is 0 Å². The highest BCUT2D eigenvalue weighted by atomic mass is 32.2. The van der Waals surface area contributed by atoms with Crippen LogP contribution in [0.2, 0.25) is 0 Å². The van der Waals surface area contributed by atoms with Crippen molar-refractivity contribution in [2.24, 2.45) is 0 Å². The highest BCUT2D eigenvalue weighted by molar-refractivity contribution is 8.09. The third kappa shape index (κ3) is 4.48. The van der Waals surface area contributed by atoms with Crippen LogP contribution in [0.25, 0.3) is 43.9 Å². The van der Waals surface area contributed by atoms with Crippen LogP contribution in [0.15, 0.2) is 89.6 Å². The maximum atomic E-state index is 2.42. The van der Waals surface area contributed by atoms with Crippen LogP contribution >= 0.6 is 79.8 Å². The molecule has 7 heterocycles. The molecular formula is C28H18S7. The number of allylic oxidation sites excluding steroid dienone is 1. The molecule has 35 heavy (non-hydrogen) atoms. The fourth-order valence-electron chi connectivity index (χ4n) is 4.10. The van der Waals surface area contributed by atoms with E-state index in [-0.39, 0.29) is 0 Å². The molecule has 0 aliphatic carbocycles. The van der Waals surface area contributed by atoms with Crippen LogP contribution in [-0.2, 0) is 0 Å².